The number of thiazole rings is 1. The molecule has 192 valence electrons. The van der Waals surface area contributed by atoms with Gasteiger partial charge in [0, 0.05) is 25.7 Å². The molecule has 3 aromatic rings. The average Bonchev–Trinajstić information content (AvgIpc) is 3.59. The molecule has 2 aromatic heterocycles. The van der Waals surface area contributed by atoms with Crippen LogP contribution >= 0.6 is 11.3 Å². The molecule has 0 aliphatic carbocycles. The van der Waals surface area contributed by atoms with Gasteiger partial charge in [-0.1, -0.05) is 41.7 Å². The number of nitrogens with one attached hydrogen (secondary N) is 1. The molecule has 2 fully saturated rings. The lowest BCUT2D eigenvalue weighted by Gasteiger charge is -2.23. The predicted molar refractivity (Wildman–Crippen MR) is 131 cm³/mol. The predicted octanol–water partition coefficient (Wildman–Crippen LogP) is 3.25. The Morgan fingerprint density at radius 1 is 1.14 bits per heavy atom. The summed E-state index contributed by atoms with van der Waals surface area (Å²) in [5, 5.41) is 3.27. The first kappa shape index (κ1) is 24.7. The zero-order chi connectivity index (χ0) is 25.4. The van der Waals surface area contributed by atoms with Crippen molar-refractivity contribution in [2.24, 2.45) is 0 Å². The van der Waals surface area contributed by atoms with Gasteiger partial charge in [0.05, 0.1) is 0 Å². The van der Waals surface area contributed by atoms with Crippen LogP contribution in [-0.2, 0) is 24.1 Å². The lowest BCUT2D eigenvalue weighted by Crippen LogP contribution is -2.43. The highest BCUT2D eigenvalue weighted by Crippen LogP contribution is 2.34. The van der Waals surface area contributed by atoms with E-state index < -0.39 is 23.6 Å². The molecule has 0 saturated carbocycles. The first-order chi connectivity index (χ1) is 17.2. The number of hydrogen-bond donors (Lipinski definition) is 1. The van der Waals surface area contributed by atoms with Crippen LogP contribution in [0, 0.1) is 0 Å². The number of likely N-dealkylation sites (N-methyl/N-ethyl adjacent to an activating group) is 1. The maximum atomic E-state index is 13.9. The van der Waals surface area contributed by atoms with E-state index in [0.29, 0.717) is 31.1 Å². The van der Waals surface area contributed by atoms with E-state index >= 15 is 0 Å². The Morgan fingerprint density at radius 3 is 2.58 bits per heavy atom. The molecule has 0 spiro atoms. The van der Waals surface area contributed by atoms with Gasteiger partial charge in [0.1, 0.15) is 6.04 Å². The number of benzene rings is 1. The van der Waals surface area contributed by atoms with Crippen molar-refractivity contribution in [3.63, 3.8) is 0 Å². The molecule has 2 aliphatic heterocycles. The molecule has 4 heterocycles. The Labute approximate surface area is 209 Å². The topological polar surface area (TPSA) is 83.4 Å². The molecule has 5 rings (SSSR count). The van der Waals surface area contributed by atoms with Crippen molar-refractivity contribution in [3.8, 4) is 0 Å². The van der Waals surface area contributed by atoms with E-state index in [2.05, 4.69) is 15.3 Å². The molecule has 1 aromatic carbocycles. The number of amides is 1. The monoisotopic (exact) mass is 520 g/mol. The normalized spacial score (nSPS) is 20.9. The van der Waals surface area contributed by atoms with Crippen LogP contribution in [-0.4, -0.2) is 57.6 Å². The van der Waals surface area contributed by atoms with Crippen molar-refractivity contribution >= 4 is 32.7 Å². The van der Waals surface area contributed by atoms with Crippen LogP contribution in [0.15, 0.2) is 35.1 Å². The third kappa shape index (κ3) is 4.83. The molecule has 2 atom stereocenters. The van der Waals surface area contributed by atoms with E-state index in [4.69, 9.17) is 0 Å². The number of hydrogen-bond acceptors (Lipinski definition) is 7. The number of carbonyl (C=O) groups excluding carboxylic acids is 1. The lowest BCUT2D eigenvalue weighted by atomic mass is 10.2. The average molecular weight is 521 g/mol. The van der Waals surface area contributed by atoms with Crippen molar-refractivity contribution in [2.45, 2.75) is 57.0 Å². The minimum Gasteiger partial charge on any atom is -0.350 e. The molecule has 1 N–H and O–H groups in total. The molecule has 2 saturated heterocycles. The highest BCUT2D eigenvalue weighted by Gasteiger charge is 2.40. The van der Waals surface area contributed by atoms with Gasteiger partial charge in [-0.3, -0.25) is 14.2 Å². The number of halogens is 3. The fraction of sp³-hybridized carbons (Fsp3) is 0.500. The fourth-order valence-electron chi connectivity index (χ4n) is 5.00. The number of fused-ring (bicyclic) bond motifs is 1. The SMILES string of the molecule is CN1CCC[C@H]1Cn1c(C(F)(F)F)nc2sc(N3CCCC3C(=O)NCc3ccccc3)nc2c1=O. The largest absolute Gasteiger partial charge is 0.449 e. The Bertz CT molecular complexity index is 1310. The van der Waals surface area contributed by atoms with Crippen LogP contribution in [0.4, 0.5) is 18.3 Å². The van der Waals surface area contributed by atoms with Gasteiger partial charge in [0.2, 0.25) is 11.7 Å². The van der Waals surface area contributed by atoms with Gasteiger partial charge in [-0.25, -0.2) is 9.97 Å². The first-order valence-electron chi connectivity index (χ1n) is 12.0. The molecule has 36 heavy (non-hydrogen) atoms. The van der Waals surface area contributed by atoms with Crippen molar-refractivity contribution in [1.29, 1.82) is 0 Å². The minimum atomic E-state index is -4.78. The highest BCUT2D eigenvalue weighted by molar-refractivity contribution is 7.21. The van der Waals surface area contributed by atoms with Gasteiger partial charge in [-0.2, -0.15) is 13.2 Å². The summed E-state index contributed by atoms with van der Waals surface area (Å²) >= 11 is 0.927. The molecule has 1 amide bonds. The maximum Gasteiger partial charge on any atom is 0.449 e. The summed E-state index contributed by atoms with van der Waals surface area (Å²) in [5.41, 5.74) is 0.0890. The Balaban J connectivity index is 1.44. The highest BCUT2D eigenvalue weighted by atomic mass is 32.1. The zero-order valence-corrected chi connectivity index (χ0v) is 20.6. The van der Waals surface area contributed by atoms with Crippen LogP contribution in [0.25, 0.3) is 10.3 Å². The van der Waals surface area contributed by atoms with E-state index in [1.54, 1.807) is 4.90 Å². The molecule has 8 nitrogen and oxygen atoms in total. The molecule has 0 bridgehead atoms. The van der Waals surface area contributed by atoms with Gasteiger partial charge in [0.15, 0.2) is 15.5 Å². The van der Waals surface area contributed by atoms with Crippen molar-refractivity contribution in [3.05, 3.63) is 52.1 Å². The van der Waals surface area contributed by atoms with Gasteiger partial charge in [0.25, 0.3) is 5.56 Å². The van der Waals surface area contributed by atoms with Crippen molar-refractivity contribution in [1.82, 2.24) is 24.8 Å². The number of rotatable bonds is 6. The summed E-state index contributed by atoms with van der Waals surface area (Å²) < 4.78 is 42.5. The third-order valence-corrected chi connectivity index (χ3v) is 7.92. The van der Waals surface area contributed by atoms with Gasteiger partial charge >= 0.3 is 6.18 Å². The Morgan fingerprint density at radius 2 is 1.89 bits per heavy atom. The lowest BCUT2D eigenvalue weighted by molar-refractivity contribution is -0.148. The van der Waals surface area contributed by atoms with Crippen LogP contribution in [0.2, 0.25) is 0 Å². The van der Waals surface area contributed by atoms with E-state index in [1.165, 1.54) is 0 Å². The second kappa shape index (κ2) is 9.81. The summed E-state index contributed by atoms with van der Waals surface area (Å²) in [6.07, 6.45) is -1.86. The van der Waals surface area contributed by atoms with Gasteiger partial charge in [-0.15, -0.1) is 0 Å². The molecule has 2 aliphatic rings. The fourth-order valence-corrected chi connectivity index (χ4v) is 6.00. The number of nitrogens with zero attached hydrogens (tertiary/aromatic N) is 5. The molecule has 12 heteroatoms. The minimum absolute atomic E-state index is 0.0614. The maximum absolute atomic E-state index is 13.9. The van der Waals surface area contributed by atoms with Crippen LogP contribution in [0.3, 0.4) is 0 Å². The first-order valence-corrected chi connectivity index (χ1v) is 12.8. The Kier molecular flexibility index (Phi) is 6.73. The summed E-state index contributed by atoms with van der Waals surface area (Å²) in [6.45, 7) is 1.59. The smallest absolute Gasteiger partial charge is 0.350 e. The van der Waals surface area contributed by atoms with E-state index in [9.17, 15) is 22.8 Å². The van der Waals surface area contributed by atoms with Crippen LogP contribution in [0.5, 0.6) is 0 Å². The van der Waals surface area contributed by atoms with E-state index in [1.807, 2.05) is 42.3 Å². The van der Waals surface area contributed by atoms with Gasteiger partial charge in [-0.05, 0) is 44.8 Å². The van der Waals surface area contributed by atoms with E-state index in [0.717, 1.165) is 40.9 Å². The number of anilines is 1. The second-order valence-corrected chi connectivity index (χ2v) is 10.3. The quantitative estimate of drug-likeness (QED) is 0.537. The second-order valence-electron chi connectivity index (χ2n) is 9.33. The van der Waals surface area contributed by atoms with Crippen molar-refractivity contribution in [2.75, 3.05) is 25.0 Å². The Hall–Kier alpha value is -2.99. The molecule has 0 radical (unpaired) electrons. The summed E-state index contributed by atoms with van der Waals surface area (Å²) in [4.78, 5) is 38.1. The summed E-state index contributed by atoms with van der Waals surface area (Å²) in [7, 11) is 1.85. The molecule has 1 unspecified atom stereocenters. The summed E-state index contributed by atoms with van der Waals surface area (Å²) in [5.74, 6) is -1.38. The van der Waals surface area contributed by atoms with E-state index in [-0.39, 0.29) is 28.8 Å². The van der Waals surface area contributed by atoms with Crippen LogP contribution in [0.1, 0.15) is 37.1 Å². The number of aromatic nitrogens is 3. The van der Waals surface area contributed by atoms with Crippen LogP contribution < -0.4 is 15.8 Å². The molecular weight excluding hydrogens is 493 g/mol. The standard InChI is InChI=1S/C24H27F3N6O2S/c1-31-11-5-9-16(31)14-33-21(35)18-20(30-22(33)24(25,26)27)36-23(29-18)32-12-6-10-17(32)19(34)28-13-15-7-3-2-4-8-15/h2-4,7-8,16-17H,5-6,9-14H2,1H3,(H,28,34)/t16-,17?/m0/s1. The number of alkyl halides is 3. The zero-order valence-electron chi connectivity index (χ0n) is 19.8. The van der Waals surface area contributed by atoms with Gasteiger partial charge < -0.3 is 15.1 Å². The number of likely N-dealkylation sites (tertiary alicyclic amines) is 1. The number of carbonyl (C=O) groups is 1. The third-order valence-electron chi connectivity index (χ3n) is 6.94. The summed E-state index contributed by atoms with van der Waals surface area (Å²) in [6, 6.07) is 8.84. The van der Waals surface area contributed by atoms with Crippen molar-refractivity contribution < 1.29 is 18.0 Å². The molecular formula is C24H27F3N6O2S.